The van der Waals surface area contributed by atoms with Crippen LogP contribution in [0.15, 0.2) is 34.7 Å². The number of thioether (sulfide) groups is 1. The molecule has 2 rings (SSSR count). The van der Waals surface area contributed by atoms with Crippen LogP contribution in [0.1, 0.15) is 29.5 Å². The molecule has 0 saturated carbocycles. The van der Waals surface area contributed by atoms with Gasteiger partial charge >= 0.3 is 0 Å². The van der Waals surface area contributed by atoms with E-state index >= 15 is 0 Å². The van der Waals surface area contributed by atoms with Crippen LogP contribution in [0.25, 0.3) is 0 Å². The van der Waals surface area contributed by atoms with Gasteiger partial charge in [0.2, 0.25) is 11.8 Å². The summed E-state index contributed by atoms with van der Waals surface area (Å²) in [5.41, 5.74) is 1.35. The SMILES string of the molecule is Cc1nnc([C@H](C)SCCN(C)Cc2ccccc2)o1. The first-order chi connectivity index (χ1) is 9.65. The molecule has 0 fully saturated rings. The summed E-state index contributed by atoms with van der Waals surface area (Å²) in [5.74, 6) is 2.40. The van der Waals surface area contributed by atoms with Gasteiger partial charge in [0.15, 0.2) is 0 Å². The topological polar surface area (TPSA) is 42.2 Å². The van der Waals surface area contributed by atoms with Crippen molar-refractivity contribution in [3.05, 3.63) is 47.7 Å². The Labute approximate surface area is 124 Å². The molecule has 5 heteroatoms. The first-order valence-corrected chi connectivity index (χ1v) is 7.84. The summed E-state index contributed by atoms with van der Waals surface area (Å²) in [6.07, 6.45) is 0. The lowest BCUT2D eigenvalue weighted by molar-refractivity contribution is 0.348. The van der Waals surface area contributed by atoms with Gasteiger partial charge in [-0.05, 0) is 19.5 Å². The Balaban J connectivity index is 1.70. The van der Waals surface area contributed by atoms with Gasteiger partial charge in [-0.3, -0.25) is 0 Å². The summed E-state index contributed by atoms with van der Waals surface area (Å²) in [5, 5.41) is 8.18. The molecule has 4 nitrogen and oxygen atoms in total. The monoisotopic (exact) mass is 291 g/mol. The third kappa shape index (κ3) is 4.65. The predicted octanol–water partition coefficient (Wildman–Crippen LogP) is 3.30. The molecule has 1 aromatic carbocycles. The Kier molecular flexibility index (Phi) is 5.61. The van der Waals surface area contributed by atoms with Gasteiger partial charge in [0.1, 0.15) is 0 Å². The molecule has 0 unspecified atom stereocenters. The molecule has 0 aliphatic rings. The Morgan fingerprint density at radius 1 is 1.25 bits per heavy atom. The quantitative estimate of drug-likeness (QED) is 0.783. The van der Waals surface area contributed by atoms with Gasteiger partial charge in [0, 0.05) is 25.8 Å². The van der Waals surface area contributed by atoms with Crippen molar-refractivity contribution in [1.29, 1.82) is 0 Å². The highest BCUT2D eigenvalue weighted by Crippen LogP contribution is 2.26. The lowest BCUT2D eigenvalue weighted by Gasteiger charge is -2.17. The van der Waals surface area contributed by atoms with Gasteiger partial charge in [0.05, 0.1) is 5.25 Å². The maximum atomic E-state index is 5.44. The summed E-state index contributed by atoms with van der Waals surface area (Å²) in [4.78, 5) is 2.33. The molecule has 0 spiro atoms. The Morgan fingerprint density at radius 2 is 2.00 bits per heavy atom. The zero-order chi connectivity index (χ0) is 14.4. The molecule has 0 aliphatic heterocycles. The van der Waals surface area contributed by atoms with Crippen LogP contribution < -0.4 is 0 Å². The fourth-order valence-electron chi connectivity index (χ4n) is 1.91. The molecular formula is C15H21N3OS. The minimum atomic E-state index is 0.251. The van der Waals surface area contributed by atoms with Crippen molar-refractivity contribution in [1.82, 2.24) is 15.1 Å². The first-order valence-electron chi connectivity index (χ1n) is 6.79. The molecule has 0 radical (unpaired) electrons. The van der Waals surface area contributed by atoms with Gasteiger partial charge in [0.25, 0.3) is 0 Å². The Bertz CT molecular complexity index is 515. The number of aryl methyl sites for hydroxylation is 1. The number of hydrogen-bond acceptors (Lipinski definition) is 5. The number of hydrogen-bond donors (Lipinski definition) is 0. The van der Waals surface area contributed by atoms with Gasteiger partial charge in [-0.1, -0.05) is 30.3 Å². The van der Waals surface area contributed by atoms with Crippen LogP contribution in [0.5, 0.6) is 0 Å². The normalized spacial score (nSPS) is 12.8. The van der Waals surface area contributed by atoms with Gasteiger partial charge in [-0.25, -0.2) is 0 Å². The van der Waals surface area contributed by atoms with Crippen molar-refractivity contribution in [3.63, 3.8) is 0 Å². The van der Waals surface area contributed by atoms with Crippen molar-refractivity contribution in [2.24, 2.45) is 0 Å². The number of aromatic nitrogens is 2. The van der Waals surface area contributed by atoms with Crippen LogP contribution >= 0.6 is 11.8 Å². The highest BCUT2D eigenvalue weighted by atomic mass is 32.2. The standard InChI is InChI=1S/C15H21N3OS/c1-12(15-17-16-13(2)19-15)20-10-9-18(3)11-14-7-5-4-6-8-14/h4-8,12H,9-11H2,1-3H3/t12-/m0/s1. The molecule has 0 amide bonds. The summed E-state index contributed by atoms with van der Waals surface area (Å²) in [6, 6.07) is 10.5. The van der Waals surface area contributed by atoms with Crippen LogP contribution in [0.4, 0.5) is 0 Å². The maximum absolute atomic E-state index is 5.44. The number of benzene rings is 1. The van der Waals surface area contributed by atoms with Crippen LogP contribution in [0.3, 0.4) is 0 Å². The van der Waals surface area contributed by atoms with E-state index in [0.29, 0.717) is 5.89 Å². The molecular weight excluding hydrogens is 270 g/mol. The van der Waals surface area contributed by atoms with Crippen LogP contribution in [0, 0.1) is 6.92 Å². The second-order valence-electron chi connectivity index (χ2n) is 4.90. The molecule has 0 aliphatic carbocycles. The van der Waals surface area contributed by atoms with E-state index in [1.54, 1.807) is 0 Å². The summed E-state index contributed by atoms with van der Waals surface area (Å²) < 4.78 is 5.44. The molecule has 0 saturated heterocycles. The van der Waals surface area contributed by atoms with E-state index in [1.165, 1.54) is 5.56 Å². The third-order valence-electron chi connectivity index (χ3n) is 3.03. The second-order valence-corrected chi connectivity index (χ2v) is 6.34. The molecule has 0 bridgehead atoms. The summed E-state index contributed by atoms with van der Waals surface area (Å²) >= 11 is 1.84. The van der Waals surface area contributed by atoms with Crippen molar-refractivity contribution >= 4 is 11.8 Å². The first kappa shape index (κ1) is 15.1. The lowest BCUT2D eigenvalue weighted by Crippen LogP contribution is -2.20. The molecule has 108 valence electrons. The van der Waals surface area contributed by atoms with E-state index in [4.69, 9.17) is 4.42 Å². The van der Waals surface area contributed by atoms with Crippen molar-refractivity contribution in [3.8, 4) is 0 Å². The van der Waals surface area contributed by atoms with E-state index in [1.807, 2.05) is 24.8 Å². The average molecular weight is 291 g/mol. The molecule has 2 aromatic rings. The van der Waals surface area contributed by atoms with Crippen molar-refractivity contribution < 1.29 is 4.42 Å². The summed E-state index contributed by atoms with van der Waals surface area (Å²) in [7, 11) is 2.15. The molecule has 1 aromatic heterocycles. The Morgan fingerprint density at radius 3 is 2.65 bits per heavy atom. The van der Waals surface area contributed by atoms with Gasteiger partial charge in [-0.15, -0.1) is 22.0 Å². The van der Waals surface area contributed by atoms with Gasteiger partial charge < -0.3 is 9.32 Å². The maximum Gasteiger partial charge on any atom is 0.229 e. The number of rotatable bonds is 7. The minimum Gasteiger partial charge on any atom is -0.424 e. The van der Waals surface area contributed by atoms with E-state index in [9.17, 15) is 0 Å². The van der Waals surface area contributed by atoms with Gasteiger partial charge in [-0.2, -0.15) is 0 Å². The van der Waals surface area contributed by atoms with Crippen LogP contribution in [0.2, 0.25) is 0 Å². The molecule has 1 atom stereocenters. The van der Waals surface area contributed by atoms with E-state index in [-0.39, 0.29) is 5.25 Å². The molecule has 20 heavy (non-hydrogen) atoms. The van der Waals surface area contributed by atoms with Crippen molar-refractivity contribution in [2.45, 2.75) is 25.6 Å². The zero-order valence-electron chi connectivity index (χ0n) is 12.2. The fourth-order valence-corrected chi connectivity index (χ4v) is 2.92. The predicted molar refractivity (Wildman–Crippen MR) is 82.7 cm³/mol. The van der Waals surface area contributed by atoms with Crippen LogP contribution in [-0.2, 0) is 6.54 Å². The summed E-state index contributed by atoms with van der Waals surface area (Å²) in [6.45, 7) is 5.95. The zero-order valence-corrected chi connectivity index (χ0v) is 13.1. The fraction of sp³-hybridized carbons (Fsp3) is 0.467. The highest BCUT2D eigenvalue weighted by Gasteiger charge is 2.13. The minimum absolute atomic E-state index is 0.251. The largest absolute Gasteiger partial charge is 0.424 e. The van der Waals surface area contributed by atoms with E-state index in [2.05, 4.69) is 53.3 Å². The third-order valence-corrected chi connectivity index (χ3v) is 4.15. The second kappa shape index (κ2) is 7.45. The highest BCUT2D eigenvalue weighted by molar-refractivity contribution is 7.99. The van der Waals surface area contributed by atoms with E-state index < -0.39 is 0 Å². The Hall–Kier alpha value is -1.33. The molecule has 1 heterocycles. The smallest absolute Gasteiger partial charge is 0.229 e. The van der Waals surface area contributed by atoms with Crippen molar-refractivity contribution in [2.75, 3.05) is 19.3 Å². The molecule has 0 N–H and O–H groups in total. The number of nitrogens with zero attached hydrogens (tertiary/aromatic N) is 3. The van der Waals surface area contributed by atoms with Crippen LogP contribution in [-0.4, -0.2) is 34.4 Å². The lowest BCUT2D eigenvalue weighted by atomic mass is 10.2. The average Bonchev–Trinajstić information content (AvgIpc) is 2.86. The van der Waals surface area contributed by atoms with E-state index in [0.717, 1.165) is 24.7 Å².